The maximum absolute atomic E-state index is 14.1. The van der Waals surface area contributed by atoms with Gasteiger partial charge >= 0.3 is 5.97 Å². The lowest BCUT2D eigenvalue weighted by Gasteiger charge is -2.21. The van der Waals surface area contributed by atoms with Crippen molar-refractivity contribution >= 4 is 52.4 Å². The van der Waals surface area contributed by atoms with Gasteiger partial charge in [0.25, 0.3) is 5.91 Å². The average Bonchev–Trinajstić information content (AvgIpc) is 3.00. The number of para-hydroxylation sites is 1. The lowest BCUT2D eigenvalue weighted by atomic mass is 9.86. The molecule has 180 valence electrons. The van der Waals surface area contributed by atoms with Crippen molar-refractivity contribution in [1.29, 1.82) is 0 Å². The molecule has 0 aromatic heterocycles. The number of nitrogens with one attached hydrogen (secondary N) is 1. The zero-order chi connectivity index (χ0) is 25.5. The minimum absolute atomic E-state index is 0.0653. The van der Waals surface area contributed by atoms with E-state index in [4.69, 9.17) is 23.2 Å². The summed E-state index contributed by atoms with van der Waals surface area (Å²) in [5.74, 6) is -3.19. The molecule has 1 heterocycles. The molecule has 0 bridgehead atoms. The monoisotopic (exact) mass is 514 g/mol. The van der Waals surface area contributed by atoms with Crippen LogP contribution in [0, 0.1) is 5.82 Å². The topological polar surface area (TPSA) is 86.7 Å². The lowest BCUT2D eigenvalue weighted by molar-refractivity contribution is -0.139. The Kier molecular flexibility index (Phi) is 6.58. The first-order valence-corrected chi connectivity index (χ1v) is 11.5. The van der Waals surface area contributed by atoms with Gasteiger partial charge in [0, 0.05) is 12.1 Å². The molecule has 35 heavy (non-hydrogen) atoms. The predicted octanol–water partition coefficient (Wildman–Crippen LogP) is 5.51. The molecule has 9 heteroatoms. The minimum Gasteiger partial charge on any atom is -0.480 e. The van der Waals surface area contributed by atoms with Crippen molar-refractivity contribution in [3.63, 3.8) is 0 Å². The number of amides is 2. The molecule has 6 nitrogen and oxygen atoms in total. The van der Waals surface area contributed by atoms with E-state index in [0.29, 0.717) is 22.0 Å². The number of hydrogen-bond acceptors (Lipinski definition) is 3. The Morgan fingerprint density at radius 3 is 2.29 bits per heavy atom. The van der Waals surface area contributed by atoms with Crippen LogP contribution >= 0.6 is 23.2 Å². The summed E-state index contributed by atoms with van der Waals surface area (Å²) < 4.78 is 14.1. The number of fused-ring (bicyclic) bond motifs is 1. The average molecular weight is 515 g/mol. The van der Waals surface area contributed by atoms with Gasteiger partial charge in [-0.25, -0.2) is 9.18 Å². The van der Waals surface area contributed by atoms with Crippen LogP contribution in [0.5, 0.6) is 0 Å². The van der Waals surface area contributed by atoms with Gasteiger partial charge in [-0.05, 0) is 55.3 Å². The molecule has 4 rings (SSSR count). The Hall–Kier alpha value is -3.42. The second-order valence-corrected chi connectivity index (χ2v) is 9.55. The number of halogens is 3. The number of benzene rings is 3. The molecular formula is C26H21Cl2FN2O4. The Balaban J connectivity index is 1.57. The summed E-state index contributed by atoms with van der Waals surface area (Å²) in [6.07, 6.45) is -0.0653. The van der Waals surface area contributed by atoms with Crippen molar-refractivity contribution in [2.24, 2.45) is 0 Å². The van der Waals surface area contributed by atoms with E-state index in [0.717, 1.165) is 11.6 Å². The zero-order valence-electron chi connectivity index (χ0n) is 18.8. The van der Waals surface area contributed by atoms with Crippen LogP contribution in [-0.2, 0) is 21.4 Å². The summed E-state index contributed by atoms with van der Waals surface area (Å²) in [5.41, 5.74) is 1.43. The van der Waals surface area contributed by atoms with Crippen molar-refractivity contribution in [2.75, 3.05) is 4.90 Å². The molecule has 0 spiro atoms. The third-order valence-electron chi connectivity index (χ3n) is 6.05. The SMILES string of the molecule is CC1(C)C(=O)N(c2ccc(C[C@H](NC(=O)c3c(F)cccc3Cl)C(=O)O)cc2)c2c(Cl)cccc21. The minimum atomic E-state index is -1.33. The highest BCUT2D eigenvalue weighted by molar-refractivity contribution is 6.35. The quantitative estimate of drug-likeness (QED) is 0.453. The number of rotatable bonds is 6. The van der Waals surface area contributed by atoms with Gasteiger partial charge < -0.3 is 10.4 Å². The Bertz CT molecular complexity index is 1320. The molecule has 1 atom stereocenters. The van der Waals surface area contributed by atoms with Crippen LogP contribution in [0.25, 0.3) is 0 Å². The van der Waals surface area contributed by atoms with E-state index in [-0.39, 0.29) is 17.4 Å². The highest BCUT2D eigenvalue weighted by Crippen LogP contribution is 2.48. The van der Waals surface area contributed by atoms with E-state index in [2.05, 4.69) is 5.32 Å². The number of carbonyl (C=O) groups excluding carboxylic acids is 2. The second kappa shape index (κ2) is 9.32. The smallest absolute Gasteiger partial charge is 0.326 e. The standard InChI is InChI=1S/C26H21Cl2FN2O4/c1-26(2)16-5-3-7-18(28)22(16)31(25(26)35)15-11-9-14(10-12-15)13-20(24(33)34)30-23(32)21-17(27)6-4-8-19(21)29/h3-12,20H,13H2,1-2H3,(H,30,32)(H,33,34)/t20-/m0/s1. The summed E-state index contributed by atoms with van der Waals surface area (Å²) in [6, 6.07) is 14.6. The van der Waals surface area contributed by atoms with Crippen molar-refractivity contribution in [1.82, 2.24) is 5.32 Å². The molecule has 0 saturated heterocycles. The summed E-state index contributed by atoms with van der Waals surface area (Å²) in [5, 5.41) is 12.3. The summed E-state index contributed by atoms with van der Waals surface area (Å²) in [6.45, 7) is 3.67. The number of nitrogens with zero attached hydrogens (tertiary/aromatic N) is 1. The van der Waals surface area contributed by atoms with E-state index < -0.39 is 34.7 Å². The molecule has 0 aliphatic carbocycles. The molecule has 1 aliphatic rings. The fourth-order valence-corrected chi connectivity index (χ4v) is 4.66. The molecule has 1 aliphatic heterocycles. The van der Waals surface area contributed by atoms with Gasteiger partial charge in [0.2, 0.25) is 5.91 Å². The number of anilines is 2. The predicted molar refractivity (Wildman–Crippen MR) is 132 cm³/mol. The molecule has 2 N–H and O–H groups in total. The number of carboxylic acids is 1. The third kappa shape index (κ3) is 4.49. The Morgan fingerprint density at radius 2 is 1.66 bits per heavy atom. The van der Waals surface area contributed by atoms with Gasteiger partial charge in [0.15, 0.2) is 0 Å². The summed E-state index contributed by atoms with van der Waals surface area (Å²) >= 11 is 12.3. The largest absolute Gasteiger partial charge is 0.480 e. The molecule has 0 fully saturated rings. The molecule has 0 unspecified atom stereocenters. The van der Waals surface area contributed by atoms with E-state index >= 15 is 0 Å². The molecule has 3 aromatic rings. The van der Waals surface area contributed by atoms with Crippen molar-refractivity contribution in [2.45, 2.75) is 31.7 Å². The fourth-order valence-electron chi connectivity index (χ4n) is 4.15. The first kappa shape index (κ1) is 24.7. The van der Waals surface area contributed by atoms with Crippen molar-refractivity contribution in [3.05, 3.63) is 93.2 Å². The van der Waals surface area contributed by atoms with Gasteiger partial charge in [-0.3, -0.25) is 14.5 Å². The van der Waals surface area contributed by atoms with Crippen LogP contribution in [-0.4, -0.2) is 28.9 Å². The van der Waals surface area contributed by atoms with Crippen molar-refractivity contribution < 1.29 is 23.9 Å². The van der Waals surface area contributed by atoms with Gasteiger partial charge in [0.1, 0.15) is 11.9 Å². The van der Waals surface area contributed by atoms with E-state index in [1.807, 2.05) is 19.9 Å². The number of aliphatic carboxylic acids is 1. The number of hydrogen-bond donors (Lipinski definition) is 2. The molecule has 3 aromatic carbocycles. The van der Waals surface area contributed by atoms with Gasteiger partial charge in [-0.1, -0.05) is 53.5 Å². The van der Waals surface area contributed by atoms with Crippen LogP contribution < -0.4 is 10.2 Å². The van der Waals surface area contributed by atoms with E-state index in [1.54, 1.807) is 41.3 Å². The molecular weight excluding hydrogens is 494 g/mol. The van der Waals surface area contributed by atoms with Crippen molar-refractivity contribution in [3.8, 4) is 0 Å². The van der Waals surface area contributed by atoms with Crippen LogP contribution in [0.3, 0.4) is 0 Å². The fraction of sp³-hybridized carbons (Fsp3) is 0.192. The number of carboxylic acid groups (broad SMARTS) is 1. The second-order valence-electron chi connectivity index (χ2n) is 8.73. The first-order chi connectivity index (χ1) is 16.5. The number of carbonyl (C=O) groups is 3. The van der Waals surface area contributed by atoms with Crippen LogP contribution in [0.15, 0.2) is 60.7 Å². The van der Waals surface area contributed by atoms with Gasteiger partial charge in [0.05, 0.1) is 26.7 Å². The van der Waals surface area contributed by atoms with E-state index in [1.165, 1.54) is 12.1 Å². The highest BCUT2D eigenvalue weighted by atomic mass is 35.5. The first-order valence-electron chi connectivity index (χ1n) is 10.7. The Labute approximate surface area is 211 Å². The zero-order valence-corrected chi connectivity index (χ0v) is 20.3. The van der Waals surface area contributed by atoms with Crippen LogP contribution in [0.2, 0.25) is 10.0 Å². The Morgan fingerprint density at radius 1 is 1.03 bits per heavy atom. The maximum Gasteiger partial charge on any atom is 0.326 e. The maximum atomic E-state index is 14.1. The molecule has 2 amide bonds. The third-order valence-corrected chi connectivity index (χ3v) is 6.67. The summed E-state index contributed by atoms with van der Waals surface area (Å²) in [7, 11) is 0. The van der Waals surface area contributed by atoms with Gasteiger partial charge in [-0.15, -0.1) is 0 Å². The van der Waals surface area contributed by atoms with Gasteiger partial charge in [-0.2, -0.15) is 0 Å². The summed E-state index contributed by atoms with van der Waals surface area (Å²) in [4.78, 5) is 39.1. The highest BCUT2D eigenvalue weighted by Gasteiger charge is 2.45. The molecule has 0 saturated carbocycles. The lowest BCUT2D eigenvalue weighted by Crippen LogP contribution is -2.42. The normalized spacial score (nSPS) is 15.0. The van der Waals surface area contributed by atoms with E-state index in [9.17, 15) is 23.9 Å². The van der Waals surface area contributed by atoms with Crippen LogP contribution in [0.1, 0.15) is 35.3 Å². The van der Waals surface area contributed by atoms with Crippen LogP contribution in [0.4, 0.5) is 15.8 Å². The molecule has 0 radical (unpaired) electrons.